The SMILES string of the molecule is COCC(C)OC(=O)c1c(N)n(-c2cccc(F)c2)c2nc3ccccc3nc12. The van der Waals surface area contributed by atoms with Gasteiger partial charge in [-0.1, -0.05) is 18.2 Å². The number of nitrogens with zero attached hydrogens (tertiary/aromatic N) is 3. The molecular weight excluding hydrogens is 375 g/mol. The lowest BCUT2D eigenvalue weighted by molar-refractivity contribution is 0.0123. The van der Waals surface area contributed by atoms with Crippen LogP contribution in [-0.2, 0) is 9.47 Å². The van der Waals surface area contributed by atoms with Crippen molar-refractivity contribution in [2.45, 2.75) is 13.0 Å². The van der Waals surface area contributed by atoms with Crippen LogP contribution >= 0.6 is 0 Å². The lowest BCUT2D eigenvalue weighted by atomic mass is 10.2. The smallest absolute Gasteiger partial charge is 0.344 e. The Morgan fingerprint density at radius 2 is 1.90 bits per heavy atom. The minimum Gasteiger partial charge on any atom is -0.456 e. The Bertz CT molecular complexity index is 1220. The summed E-state index contributed by atoms with van der Waals surface area (Å²) in [5.41, 5.74) is 8.73. The molecule has 0 aliphatic carbocycles. The van der Waals surface area contributed by atoms with Crippen molar-refractivity contribution < 1.29 is 18.7 Å². The lowest BCUT2D eigenvalue weighted by Gasteiger charge is -2.12. The van der Waals surface area contributed by atoms with E-state index < -0.39 is 17.9 Å². The average molecular weight is 394 g/mol. The molecule has 4 rings (SSSR count). The molecule has 29 heavy (non-hydrogen) atoms. The fourth-order valence-corrected chi connectivity index (χ4v) is 3.25. The maximum absolute atomic E-state index is 13.9. The predicted octanol–water partition coefficient (Wildman–Crippen LogP) is 3.49. The van der Waals surface area contributed by atoms with Crippen LogP contribution in [0.4, 0.5) is 10.2 Å². The van der Waals surface area contributed by atoms with Crippen molar-refractivity contribution in [1.29, 1.82) is 0 Å². The first-order chi connectivity index (χ1) is 14.0. The Morgan fingerprint density at radius 3 is 2.59 bits per heavy atom. The van der Waals surface area contributed by atoms with E-state index in [1.807, 2.05) is 12.1 Å². The normalized spacial score (nSPS) is 12.4. The molecule has 0 bridgehead atoms. The number of para-hydroxylation sites is 2. The Labute approximate surface area is 165 Å². The molecule has 0 saturated carbocycles. The number of aromatic nitrogens is 3. The highest BCUT2D eigenvalue weighted by atomic mass is 19.1. The summed E-state index contributed by atoms with van der Waals surface area (Å²) < 4.78 is 25.8. The van der Waals surface area contributed by atoms with Gasteiger partial charge in [-0.05, 0) is 37.3 Å². The number of ether oxygens (including phenoxy) is 2. The molecule has 0 aliphatic rings. The Morgan fingerprint density at radius 1 is 1.17 bits per heavy atom. The molecule has 0 amide bonds. The van der Waals surface area contributed by atoms with Crippen molar-refractivity contribution in [3.8, 4) is 5.69 Å². The maximum Gasteiger partial charge on any atom is 0.344 e. The van der Waals surface area contributed by atoms with Gasteiger partial charge in [-0.25, -0.2) is 19.2 Å². The van der Waals surface area contributed by atoms with E-state index in [1.165, 1.54) is 23.8 Å². The van der Waals surface area contributed by atoms with Gasteiger partial charge in [0, 0.05) is 7.11 Å². The molecule has 4 aromatic rings. The summed E-state index contributed by atoms with van der Waals surface area (Å²) in [6.07, 6.45) is -0.479. The summed E-state index contributed by atoms with van der Waals surface area (Å²) in [7, 11) is 1.52. The number of nitrogens with two attached hydrogens (primary N) is 1. The fraction of sp³-hybridized carbons (Fsp3) is 0.190. The molecule has 0 saturated heterocycles. The predicted molar refractivity (Wildman–Crippen MR) is 107 cm³/mol. The van der Waals surface area contributed by atoms with Gasteiger partial charge in [-0.2, -0.15) is 0 Å². The van der Waals surface area contributed by atoms with E-state index in [0.29, 0.717) is 27.9 Å². The molecule has 148 valence electrons. The summed E-state index contributed by atoms with van der Waals surface area (Å²) in [4.78, 5) is 22.1. The number of carbonyl (C=O) groups is 1. The van der Waals surface area contributed by atoms with Crippen LogP contribution in [0.2, 0.25) is 0 Å². The quantitative estimate of drug-likeness (QED) is 0.521. The Balaban J connectivity index is 1.98. The number of carbonyl (C=O) groups excluding carboxylic acids is 1. The Hall–Kier alpha value is -3.52. The molecule has 0 radical (unpaired) electrons. The molecular formula is C21H19FN4O3. The molecule has 0 aliphatic heterocycles. The molecule has 1 atom stereocenters. The maximum atomic E-state index is 13.9. The second-order valence-corrected chi connectivity index (χ2v) is 6.63. The number of anilines is 1. The summed E-state index contributed by atoms with van der Waals surface area (Å²) >= 11 is 0. The molecule has 0 spiro atoms. The summed E-state index contributed by atoms with van der Waals surface area (Å²) in [6.45, 7) is 1.95. The van der Waals surface area contributed by atoms with Gasteiger partial charge in [-0.3, -0.25) is 4.57 Å². The van der Waals surface area contributed by atoms with Crippen molar-refractivity contribution in [2.24, 2.45) is 0 Å². The lowest BCUT2D eigenvalue weighted by Crippen LogP contribution is -2.20. The van der Waals surface area contributed by atoms with E-state index in [-0.39, 0.29) is 18.0 Å². The number of rotatable bonds is 5. The van der Waals surface area contributed by atoms with Gasteiger partial charge in [0.1, 0.15) is 28.8 Å². The minimum atomic E-state index is -0.642. The monoisotopic (exact) mass is 394 g/mol. The summed E-state index contributed by atoms with van der Waals surface area (Å²) in [6, 6.07) is 13.1. The molecule has 8 heteroatoms. The average Bonchev–Trinajstić information content (AvgIpc) is 2.97. The van der Waals surface area contributed by atoms with Gasteiger partial charge < -0.3 is 15.2 Å². The third kappa shape index (κ3) is 3.38. The first kappa shape index (κ1) is 18.8. The van der Waals surface area contributed by atoms with Gasteiger partial charge in [0.2, 0.25) is 0 Å². The number of halogens is 1. The van der Waals surface area contributed by atoms with E-state index >= 15 is 0 Å². The highest BCUT2D eigenvalue weighted by Gasteiger charge is 2.27. The van der Waals surface area contributed by atoms with Crippen molar-refractivity contribution in [2.75, 3.05) is 19.5 Å². The van der Waals surface area contributed by atoms with E-state index in [4.69, 9.17) is 15.2 Å². The third-order valence-electron chi connectivity index (χ3n) is 4.48. The first-order valence-corrected chi connectivity index (χ1v) is 9.02. The highest BCUT2D eigenvalue weighted by molar-refractivity contribution is 6.09. The molecule has 2 aromatic heterocycles. The van der Waals surface area contributed by atoms with E-state index in [9.17, 15) is 9.18 Å². The second kappa shape index (κ2) is 7.48. The van der Waals surface area contributed by atoms with E-state index in [0.717, 1.165) is 0 Å². The first-order valence-electron chi connectivity index (χ1n) is 9.02. The second-order valence-electron chi connectivity index (χ2n) is 6.63. The molecule has 0 fully saturated rings. The van der Waals surface area contributed by atoms with Crippen LogP contribution in [0.1, 0.15) is 17.3 Å². The number of hydrogen-bond acceptors (Lipinski definition) is 6. The molecule has 1 unspecified atom stereocenters. The molecule has 7 nitrogen and oxygen atoms in total. The minimum absolute atomic E-state index is 0.0792. The van der Waals surface area contributed by atoms with Crippen LogP contribution in [0.3, 0.4) is 0 Å². The van der Waals surface area contributed by atoms with Gasteiger partial charge in [0.25, 0.3) is 0 Å². The molecule has 2 N–H and O–H groups in total. The highest BCUT2D eigenvalue weighted by Crippen LogP contribution is 2.31. The number of esters is 1. The molecule has 2 aromatic carbocycles. The third-order valence-corrected chi connectivity index (χ3v) is 4.48. The van der Waals surface area contributed by atoms with Crippen LogP contribution in [0.25, 0.3) is 27.9 Å². The number of benzene rings is 2. The van der Waals surface area contributed by atoms with Crippen LogP contribution in [-0.4, -0.2) is 40.3 Å². The van der Waals surface area contributed by atoms with E-state index in [2.05, 4.69) is 9.97 Å². The van der Waals surface area contributed by atoms with Crippen LogP contribution < -0.4 is 5.73 Å². The van der Waals surface area contributed by atoms with Gasteiger partial charge in [-0.15, -0.1) is 0 Å². The number of nitrogen functional groups attached to an aromatic ring is 1. The zero-order chi connectivity index (χ0) is 20.5. The fourth-order valence-electron chi connectivity index (χ4n) is 3.25. The van der Waals surface area contributed by atoms with Gasteiger partial charge >= 0.3 is 5.97 Å². The van der Waals surface area contributed by atoms with Crippen LogP contribution in [0.15, 0.2) is 48.5 Å². The topological polar surface area (TPSA) is 92.3 Å². The van der Waals surface area contributed by atoms with E-state index in [1.54, 1.807) is 31.2 Å². The zero-order valence-corrected chi connectivity index (χ0v) is 15.9. The zero-order valence-electron chi connectivity index (χ0n) is 15.9. The van der Waals surface area contributed by atoms with Gasteiger partial charge in [0.15, 0.2) is 5.65 Å². The summed E-state index contributed by atoms with van der Waals surface area (Å²) in [5, 5.41) is 0. The van der Waals surface area contributed by atoms with Crippen LogP contribution in [0.5, 0.6) is 0 Å². The number of fused-ring (bicyclic) bond motifs is 2. The summed E-state index contributed by atoms with van der Waals surface area (Å²) in [5.74, 6) is -0.998. The van der Waals surface area contributed by atoms with Crippen molar-refractivity contribution in [3.05, 3.63) is 59.9 Å². The number of hydrogen-bond donors (Lipinski definition) is 1. The largest absolute Gasteiger partial charge is 0.456 e. The van der Waals surface area contributed by atoms with Crippen molar-refractivity contribution >= 4 is 34.0 Å². The van der Waals surface area contributed by atoms with Crippen molar-refractivity contribution in [3.63, 3.8) is 0 Å². The standard InChI is InChI=1S/C21H19FN4O3/c1-12(11-28-2)29-21(27)17-18-20(25-16-9-4-3-8-15(16)24-18)26(19(17)23)14-7-5-6-13(22)10-14/h3-10,12H,11,23H2,1-2H3. The Kier molecular flexibility index (Phi) is 4.85. The van der Waals surface area contributed by atoms with Crippen molar-refractivity contribution in [1.82, 2.24) is 14.5 Å². The molecule has 2 heterocycles. The van der Waals surface area contributed by atoms with Gasteiger partial charge in [0.05, 0.1) is 23.3 Å². The number of methoxy groups -OCH3 is 1. The van der Waals surface area contributed by atoms with Crippen LogP contribution in [0, 0.1) is 5.82 Å².